The first-order valence-corrected chi connectivity index (χ1v) is 5.54. The lowest BCUT2D eigenvalue weighted by atomic mass is 10.0. The van der Waals surface area contributed by atoms with Crippen molar-refractivity contribution in [1.29, 1.82) is 0 Å². The van der Waals surface area contributed by atoms with Gasteiger partial charge in [0.2, 0.25) is 5.91 Å². The van der Waals surface area contributed by atoms with E-state index in [-0.39, 0.29) is 0 Å². The van der Waals surface area contributed by atoms with Gasteiger partial charge in [-0.2, -0.15) is 0 Å². The van der Waals surface area contributed by atoms with Crippen molar-refractivity contribution < 1.29 is 9.53 Å². The Morgan fingerprint density at radius 3 is 2.71 bits per heavy atom. The Kier molecular flexibility index (Phi) is 4.94. The molecule has 1 rings (SSSR count). The molecule has 3 nitrogen and oxygen atoms in total. The van der Waals surface area contributed by atoms with Crippen molar-refractivity contribution in [1.82, 2.24) is 4.90 Å². The molecular weight excluding hydrogens is 178 g/mol. The molecule has 14 heavy (non-hydrogen) atoms. The van der Waals surface area contributed by atoms with Gasteiger partial charge in [-0.25, -0.2) is 0 Å². The normalized spacial score (nSPS) is 16.9. The van der Waals surface area contributed by atoms with E-state index in [1.54, 1.807) is 7.11 Å². The second-order valence-corrected chi connectivity index (χ2v) is 4.08. The lowest BCUT2D eigenvalue weighted by molar-refractivity contribution is -0.138. The third-order valence-corrected chi connectivity index (χ3v) is 2.71. The molecule has 0 radical (unpaired) electrons. The maximum atomic E-state index is 11.5. The largest absolute Gasteiger partial charge is 0.384 e. The molecule has 0 unspecified atom stereocenters. The molecule has 0 saturated carbocycles. The molecule has 0 aromatic carbocycles. The molecule has 1 heterocycles. The lowest BCUT2D eigenvalue weighted by Gasteiger charge is -2.39. The van der Waals surface area contributed by atoms with Crippen molar-refractivity contribution >= 4 is 5.91 Å². The van der Waals surface area contributed by atoms with Gasteiger partial charge in [0.15, 0.2) is 0 Å². The van der Waals surface area contributed by atoms with Crippen LogP contribution < -0.4 is 0 Å². The molecule has 0 aromatic heterocycles. The van der Waals surface area contributed by atoms with Crippen LogP contribution in [0.15, 0.2) is 0 Å². The van der Waals surface area contributed by atoms with Gasteiger partial charge in [0, 0.05) is 32.5 Å². The number of methoxy groups -OCH3 is 1. The van der Waals surface area contributed by atoms with Crippen LogP contribution in [0.25, 0.3) is 0 Å². The molecule has 1 fully saturated rings. The number of carbonyl (C=O) groups excluding carboxylic acids is 1. The summed E-state index contributed by atoms with van der Waals surface area (Å²) in [6.07, 6.45) is 4.12. The summed E-state index contributed by atoms with van der Waals surface area (Å²) in [5.41, 5.74) is 0. The van der Waals surface area contributed by atoms with Crippen molar-refractivity contribution in [2.45, 2.75) is 32.6 Å². The molecule has 82 valence electrons. The fourth-order valence-corrected chi connectivity index (χ4v) is 1.80. The van der Waals surface area contributed by atoms with Crippen LogP contribution in [0, 0.1) is 5.92 Å². The van der Waals surface area contributed by atoms with E-state index in [2.05, 4.69) is 6.92 Å². The number of nitrogens with zero attached hydrogens (tertiary/aromatic N) is 1. The van der Waals surface area contributed by atoms with E-state index < -0.39 is 0 Å². The zero-order valence-corrected chi connectivity index (χ0v) is 9.29. The molecule has 0 atom stereocenters. The lowest BCUT2D eigenvalue weighted by Crippen LogP contribution is -2.51. The summed E-state index contributed by atoms with van der Waals surface area (Å²) in [6, 6.07) is 0. The SMILES string of the molecule is CCCCCC(=O)N1CC(COC)C1. The van der Waals surface area contributed by atoms with Gasteiger partial charge in [0.05, 0.1) is 6.61 Å². The van der Waals surface area contributed by atoms with E-state index in [0.717, 1.165) is 32.5 Å². The van der Waals surface area contributed by atoms with Crippen LogP contribution in [-0.4, -0.2) is 37.6 Å². The Morgan fingerprint density at radius 1 is 1.43 bits per heavy atom. The minimum Gasteiger partial charge on any atom is -0.384 e. The van der Waals surface area contributed by atoms with E-state index in [9.17, 15) is 4.79 Å². The minimum atomic E-state index is 0.325. The van der Waals surface area contributed by atoms with Crippen molar-refractivity contribution in [3.05, 3.63) is 0 Å². The second kappa shape index (κ2) is 6.02. The summed E-state index contributed by atoms with van der Waals surface area (Å²) >= 11 is 0. The Labute approximate surface area is 86.4 Å². The van der Waals surface area contributed by atoms with Crippen LogP contribution in [-0.2, 0) is 9.53 Å². The summed E-state index contributed by atoms with van der Waals surface area (Å²) in [6.45, 7) is 4.75. The summed E-state index contributed by atoms with van der Waals surface area (Å²) in [4.78, 5) is 13.5. The first-order valence-electron chi connectivity index (χ1n) is 5.54. The van der Waals surface area contributed by atoms with Crippen LogP contribution >= 0.6 is 0 Å². The van der Waals surface area contributed by atoms with Crippen molar-refractivity contribution in [3.63, 3.8) is 0 Å². The molecule has 0 N–H and O–H groups in total. The first kappa shape index (κ1) is 11.5. The summed E-state index contributed by atoms with van der Waals surface area (Å²) in [7, 11) is 1.71. The maximum Gasteiger partial charge on any atom is 0.222 e. The zero-order valence-electron chi connectivity index (χ0n) is 9.29. The molecule has 0 aromatic rings. The predicted molar refractivity (Wildman–Crippen MR) is 56.1 cm³/mol. The van der Waals surface area contributed by atoms with E-state index in [1.807, 2.05) is 4.90 Å². The summed E-state index contributed by atoms with van der Waals surface area (Å²) in [5.74, 6) is 0.904. The average molecular weight is 199 g/mol. The van der Waals surface area contributed by atoms with Gasteiger partial charge < -0.3 is 9.64 Å². The summed E-state index contributed by atoms with van der Waals surface area (Å²) in [5, 5.41) is 0. The van der Waals surface area contributed by atoms with E-state index in [1.165, 1.54) is 12.8 Å². The molecular formula is C11H21NO2. The molecule has 0 spiro atoms. The van der Waals surface area contributed by atoms with Gasteiger partial charge in [-0.15, -0.1) is 0 Å². The van der Waals surface area contributed by atoms with Gasteiger partial charge in [0.1, 0.15) is 0 Å². The number of ether oxygens (including phenoxy) is 1. The maximum absolute atomic E-state index is 11.5. The van der Waals surface area contributed by atoms with E-state index >= 15 is 0 Å². The number of unbranched alkanes of at least 4 members (excludes halogenated alkanes) is 2. The Hall–Kier alpha value is -0.570. The van der Waals surface area contributed by atoms with Crippen molar-refractivity contribution in [2.75, 3.05) is 26.8 Å². The van der Waals surface area contributed by atoms with Crippen molar-refractivity contribution in [3.8, 4) is 0 Å². The molecule has 1 saturated heterocycles. The zero-order chi connectivity index (χ0) is 10.4. The molecule has 0 aliphatic carbocycles. The Morgan fingerprint density at radius 2 is 2.14 bits per heavy atom. The van der Waals surface area contributed by atoms with Gasteiger partial charge >= 0.3 is 0 Å². The Bertz CT molecular complexity index is 176. The van der Waals surface area contributed by atoms with Gasteiger partial charge in [-0.3, -0.25) is 4.79 Å². The van der Waals surface area contributed by atoms with E-state index in [4.69, 9.17) is 4.74 Å². The van der Waals surface area contributed by atoms with Crippen molar-refractivity contribution in [2.24, 2.45) is 5.92 Å². The van der Waals surface area contributed by atoms with Crippen LogP contribution in [0.3, 0.4) is 0 Å². The number of amides is 1. The second-order valence-electron chi connectivity index (χ2n) is 4.08. The van der Waals surface area contributed by atoms with Crippen LogP contribution in [0.4, 0.5) is 0 Å². The fraction of sp³-hybridized carbons (Fsp3) is 0.909. The highest BCUT2D eigenvalue weighted by atomic mass is 16.5. The van der Waals surface area contributed by atoms with Crippen LogP contribution in [0.1, 0.15) is 32.6 Å². The first-order chi connectivity index (χ1) is 6.77. The third-order valence-electron chi connectivity index (χ3n) is 2.71. The van der Waals surface area contributed by atoms with Crippen LogP contribution in [0.2, 0.25) is 0 Å². The highest BCUT2D eigenvalue weighted by Crippen LogP contribution is 2.17. The van der Waals surface area contributed by atoms with Gasteiger partial charge in [-0.05, 0) is 6.42 Å². The topological polar surface area (TPSA) is 29.5 Å². The quantitative estimate of drug-likeness (QED) is 0.609. The summed E-state index contributed by atoms with van der Waals surface area (Å²) < 4.78 is 5.03. The monoisotopic (exact) mass is 199 g/mol. The van der Waals surface area contributed by atoms with Crippen LogP contribution in [0.5, 0.6) is 0 Å². The number of likely N-dealkylation sites (tertiary alicyclic amines) is 1. The van der Waals surface area contributed by atoms with E-state index in [0.29, 0.717) is 11.8 Å². The molecule has 0 bridgehead atoms. The standard InChI is InChI=1S/C11H21NO2/c1-3-4-5-6-11(13)12-7-10(8-12)9-14-2/h10H,3-9H2,1-2H3. The smallest absolute Gasteiger partial charge is 0.222 e. The third kappa shape index (κ3) is 3.29. The predicted octanol–water partition coefficient (Wildman–Crippen LogP) is 1.67. The average Bonchev–Trinajstić information content (AvgIpc) is 2.10. The number of rotatable bonds is 6. The number of hydrogen-bond donors (Lipinski definition) is 0. The molecule has 1 aliphatic heterocycles. The molecule has 3 heteroatoms. The van der Waals surface area contributed by atoms with Gasteiger partial charge in [0.25, 0.3) is 0 Å². The highest BCUT2D eigenvalue weighted by molar-refractivity contribution is 5.76. The molecule has 1 amide bonds. The minimum absolute atomic E-state index is 0.325. The number of hydrogen-bond acceptors (Lipinski definition) is 2. The Balaban J connectivity index is 2.04. The molecule has 1 aliphatic rings. The number of carbonyl (C=O) groups is 1. The fourth-order valence-electron chi connectivity index (χ4n) is 1.80. The highest BCUT2D eigenvalue weighted by Gasteiger charge is 2.29. The van der Waals surface area contributed by atoms with Gasteiger partial charge in [-0.1, -0.05) is 19.8 Å².